The second-order valence-electron chi connectivity index (χ2n) is 0. The van der Waals surface area contributed by atoms with Crippen LogP contribution in [0.1, 0.15) is 0 Å². The minimum Gasteiger partial charge on any atom is -2.00 e. The Morgan fingerprint density at radius 2 is 0.231 bits per heavy atom. The van der Waals surface area contributed by atoms with E-state index < -0.39 is 0 Å². The van der Waals surface area contributed by atoms with Gasteiger partial charge >= 0.3 is 80.5 Å². The van der Waals surface area contributed by atoms with E-state index in [4.69, 9.17) is 0 Å². The largest absolute Gasteiger partial charge is 5.00 e. The molecule has 0 spiro atoms. The van der Waals surface area contributed by atoms with Crippen molar-refractivity contribution in [3.63, 3.8) is 0 Å². The van der Waals surface area contributed by atoms with Gasteiger partial charge in [0.25, 0.3) is 0 Å². The molecule has 0 radical (unpaired) electrons. The van der Waals surface area contributed by atoms with Gasteiger partial charge in [-0.05, 0) is 0 Å². The van der Waals surface area contributed by atoms with E-state index in [9.17, 15) is 0 Å². The van der Waals surface area contributed by atoms with E-state index in [0.29, 0.717) is 0 Å². The molecule has 0 N–H and O–H groups in total. The summed E-state index contributed by atoms with van der Waals surface area (Å²) in [7, 11) is 0. The van der Waals surface area contributed by atoms with Crippen molar-refractivity contribution in [1.82, 2.24) is 0 Å². The molecule has 0 atom stereocenters. The molecule has 13 heavy (non-hydrogen) atoms. The summed E-state index contributed by atoms with van der Waals surface area (Å²) in [6.45, 7) is 0. The third kappa shape index (κ3) is 426. The molecule has 0 saturated carbocycles. The van der Waals surface area contributed by atoms with E-state index in [1.165, 1.54) is 0 Å². The third-order valence-electron chi connectivity index (χ3n) is 0. The van der Waals surface area contributed by atoms with Crippen LogP contribution in [0.25, 0.3) is 0 Å². The van der Waals surface area contributed by atoms with Gasteiger partial charge in [-0.2, -0.15) is 0 Å². The predicted octanol–water partition coefficient (Wildman–Crippen LogP) is -1.08. The molecule has 0 rings (SSSR count). The van der Waals surface area contributed by atoms with Gasteiger partial charge in [-0.25, -0.2) is 0 Å². The monoisotopic (exact) mass is 342 g/mol. The Morgan fingerprint density at radius 1 is 0.231 bits per heavy atom. The standard InChI is InChI=1S/9O.2Ti.2V/q9*-2;2*+4;2*+5. The van der Waals surface area contributed by atoms with E-state index in [2.05, 4.69) is 0 Å². The Balaban J connectivity index is 0. The molecule has 0 heterocycles. The van der Waals surface area contributed by atoms with Gasteiger partial charge in [0.2, 0.25) is 0 Å². The van der Waals surface area contributed by atoms with E-state index in [1.54, 1.807) is 0 Å². The maximum atomic E-state index is 0. The molecule has 0 aliphatic rings. The average molecular weight is 342 g/mol. The van der Waals surface area contributed by atoms with Gasteiger partial charge in [-0.1, -0.05) is 0 Å². The summed E-state index contributed by atoms with van der Waals surface area (Å²) in [6, 6.07) is 0. The van der Waals surface area contributed by atoms with Crippen molar-refractivity contribution in [2.45, 2.75) is 0 Å². The fourth-order valence-electron chi connectivity index (χ4n) is 0. The first-order valence-corrected chi connectivity index (χ1v) is 0. The molecule has 0 fully saturated rings. The molecule has 0 bridgehead atoms. The van der Waals surface area contributed by atoms with Crippen LogP contribution in [0.2, 0.25) is 0 Å². The minimum absolute atomic E-state index is 0. The van der Waals surface area contributed by atoms with Gasteiger partial charge in [0.15, 0.2) is 0 Å². The van der Waals surface area contributed by atoms with Gasteiger partial charge in [0.1, 0.15) is 0 Å². The van der Waals surface area contributed by atoms with E-state index in [0.717, 1.165) is 0 Å². The van der Waals surface area contributed by atoms with Crippen LogP contribution in [0.4, 0.5) is 0 Å². The maximum absolute atomic E-state index is 0. The van der Waals surface area contributed by atoms with Gasteiger partial charge in [0.05, 0.1) is 0 Å². The molecule has 13 heteroatoms. The summed E-state index contributed by atoms with van der Waals surface area (Å²) in [4.78, 5) is 0. The summed E-state index contributed by atoms with van der Waals surface area (Å²) in [5.74, 6) is 0. The zero-order valence-corrected chi connectivity index (χ0v) is 11.5. The number of hydrogen-bond acceptors (Lipinski definition) is 0. The third-order valence-corrected chi connectivity index (χ3v) is 0. The van der Waals surface area contributed by atoms with Crippen molar-refractivity contribution >= 4 is 0 Å². The second-order valence-corrected chi connectivity index (χ2v) is 0. The van der Waals surface area contributed by atoms with E-state index in [-0.39, 0.29) is 130 Å². The summed E-state index contributed by atoms with van der Waals surface area (Å²) in [6.07, 6.45) is 0. The SMILES string of the molecule is [O-2].[O-2].[O-2].[O-2].[O-2].[O-2].[O-2].[O-2].[O-2].[Ti+4].[Ti+4].[V+5].[V+5]. The van der Waals surface area contributed by atoms with Crippen molar-refractivity contribution in [2.75, 3.05) is 0 Å². The summed E-state index contributed by atoms with van der Waals surface area (Å²) in [5.41, 5.74) is 0. The van der Waals surface area contributed by atoms with Crippen LogP contribution < -0.4 is 0 Å². The van der Waals surface area contributed by atoms with E-state index >= 15 is 0 Å². The Hall–Kier alpha value is 2.24. The van der Waals surface area contributed by atoms with Crippen LogP contribution >= 0.6 is 0 Å². The van der Waals surface area contributed by atoms with Crippen molar-refractivity contribution in [2.24, 2.45) is 0 Å². The molecule has 0 aromatic heterocycles. The Morgan fingerprint density at radius 3 is 0.231 bits per heavy atom. The van der Waals surface area contributed by atoms with Crippen LogP contribution in [-0.4, -0.2) is 0 Å². The van der Waals surface area contributed by atoms with E-state index in [1.807, 2.05) is 0 Å². The Kier molecular flexibility index (Phi) is 23700. The van der Waals surface area contributed by atoms with Crippen molar-refractivity contribution in [3.8, 4) is 0 Å². The molecular weight excluding hydrogens is 342 g/mol. The second kappa shape index (κ2) is 498. The Labute approximate surface area is 129 Å². The maximum Gasteiger partial charge on any atom is 5.00 e. The van der Waals surface area contributed by atoms with Crippen molar-refractivity contribution in [1.29, 1.82) is 0 Å². The predicted molar refractivity (Wildman–Crippen MR) is 6.18 cm³/mol. The molecule has 0 saturated heterocycles. The van der Waals surface area contributed by atoms with Crippen LogP contribution in [0.3, 0.4) is 0 Å². The molecule has 0 amide bonds. The fourth-order valence-corrected chi connectivity index (χ4v) is 0. The molecule has 0 aliphatic heterocycles. The smallest absolute Gasteiger partial charge is 2.00 e. The summed E-state index contributed by atoms with van der Waals surface area (Å²) >= 11 is 0. The molecule has 9 nitrogen and oxygen atoms in total. The number of rotatable bonds is 0. The first kappa shape index (κ1) is 617. The molecule has 0 aromatic rings. The Bertz CT molecular complexity index is 15.6. The summed E-state index contributed by atoms with van der Waals surface area (Å²) < 4.78 is 0. The number of hydrogen-bond donors (Lipinski definition) is 0. The molecule has 72 valence electrons. The normalized spacial score (nSPS) is 0. The topological polar surface area (TPSA) is 256 Å². The van der Waals surface area contributed by atoms with Crippen LogP contribution in [0, 0.1) is 0 Å². The fraction of sp³-hybridized carbons (Fsp3) is 0. The van der Waals surface area contributed by atoms with Crippen LogP contribution in [-0.2, 0) is 130 Å². The quantitative estimate of drug-likeness (QED) is 0.476. The van der Waals surface area contributed by atoms with Gasteiger partial charge in [-0.3, -0.25) is 0 Å². The average Bonchev–Trinajstić information content (AvgIpc) is 0. The molecule has 0 aliphatic carbocycles. The molecule has 0 aromatic carbocycles. The zero-order chi connectivity index (χ0) is 0. The van der Waals surface area contributed by atoms with Gasteiger partial charge < -0.3 is 49.3 Å². The summed E-state index contributed by atoms with van der Waals surface area (Å²) in [5, 5.41) is 0. The van der Waals surface area contributed by atoms with Crippen LogP contribution in [0.5, 0.6) is 0 Å². The minimum atomic E-state index is 0. The molecular formula is O9Ti2V2. The molecule has 0 unspecified atom stereocenters. The van der Waals surface area contributed by atoms with Crippen molar-refractivity contribution < 1.29 is 130 Å². The van der Waals surface area contributed by atoms with Gasteiger partial charge in [-0.15, -0.1) is 0 Å². The first-order chi connectivity index (χ1) is 0. The van der Waals surface area contributed by atoms with Gasteiger partial charge in [0, 0.05) is 0 Å². The zero-order valence-electron chi connectivity index (χ0n) is 5.57. The first-order valence-electron chi connectivity index (χ1n) is 0. The van der Waals surface area contributed by atoms with Crippen molar-refractivity contribution in [3.05, 3.63) is 0 Å². The van der Waals surface area contributed by atoms with Crippen LogP contribution in [0.15, 0.2) is 0 Å².